The molecule has 0 spiro atoms. The van der Waals surface area contributed by atoms with Gasteiger partial charge in [0.25, 0.3) is 0 Å². The van der Waals surface area contributed by atoms with Crippen LogP contribution in [0, 0.1) is 0 Å². The van der Waals surface area contributed by atoms with Crippen LogP contribution in [0.15, 0.2) is 18.2 Å². The molecule has 0 aromatic heterocycles. The topological polar surface area (TPSA) is 15.3 Å². The summed E-state index contributed by atoms with van der Waals surface area (Å²) in [5.41, 5.74) is 1.34. The van der Waals surface area contributed by atoms with Crippen molar-refractivity contribution in [2.45, 2.75) is 58.2 Å². The van der Waals surface area contributed by atoms with E-state index in [1.54, 1.807) is 0 Å². The lowest BCUT2D eigenvalue weighted by Gasteiger charge is -2.37. The molecule has 118 valence electrons. The molecular formula is C17H26Cl2N2. The molecule has 0 amide bonds. The number of benzene rings is 1. The highest BCUT2D eigenvalue weighted by atomic mass is 35.5. The Balaban J connectivity index is 2.21. The van der Waals surface area contributed by atoms with Crippen molar-refractivity contribution >= 4 is 23.2 Å². The molecule has 1 heterocycles. The molecule has 0 radical (unpaired) electrons. The van der Waals surface area contributed by atoms with E-state index in [1.807, 2.05) is 12.1 Å². The third-order valence-electron chi connectivity index (χ3n) is 4.95. The van der Waals surface area contributed by atoms with Crippen LogP contribution in [0.4, 0.5) is 0 Å². The molecule has 1 saturated heterocycles. The lowest BCUT2D eigenvalue weighted by atomic mass is 9.92. The van der Waals surface area contributed by atoms with Crippen LogP contribution in [0.2, 0.25) is 10.0 Å². The van der Waals surface area contributed by atoms with Gasteiger partial charge in [0.05, 0.1) is 10.0 Å². The second-order valence-electron chi connectivity index (χ2n) is 6.17. The molecule has 4 heteroatoms. The molecule has 1 N–H and O–H groups in total. The Bertz CT molecular complexity index is 472. The number of hydrogen-bond acceptors (Lipinski definition) is 2. The van der Waals surface area contributed by atoms with Gasteiger partial charge in [0.15, 0.2) is 0 Å². The fourth-order valence-electron chi connectivity index (χ4n) is 3.15. The van der Waals surface area contributed by atoms with Gasteiger partial charge in [-0.2, -0.15) is 0 Å². The molecule has 1 aromatic carbocycles. The van der Waals surface area contributed by atoms with E-state index in [-0.39, 0.29) is 5.54 Å². The Morgan fingerprint density at radius 2 is 2.00 bits per heavy atom. The first kappa shape index (κ1) is 17.1. The Morgan fingerprint density at radius 3 is 2.67 bits per heavy atom. The summed E-state index contributed by atoms with van der Waals surface area (Å²) in [6.07, 6.45) is 3.46. The summed E-state index contributed by atoms with van der Waals surface area (Å²) in [4.78, 5) is 2.55. The number of halogens is 2. The second kappa shape index (κ2) is 7.32. The van der Waals surface area contributed by atoms with Crippen molar-refractivity contribution in [1.29, 1.82) is 0 Å². The smallest absolute Gasteiger partial charge is 0.0637 e. The Hall–Kier alpha value is -0.280. The minimum absolute atomic E-state index is 0.218. The highest BCUT2D eigenvalue weighted by Crippen LogP contribution is 2.29. The van der Waals surface area contributed by atoms with Crippen molar-refractivity contribution in [2.24, 2.45) is 0 Å². The molecule has 1 fully saturated rings. The van der Waals surface area contributed by atoms with E-state index in [9.17, 15) is 0 Å². The summed E-state index contributed by atoms with van der Waals surface area (Å²) >= 11 is 12.5. The number of nitrogens with one attached hydrogen (secondary N) is 1. The van der Waals surface area contributed by atoms with Crippen LogP contribution in [0.3, 0.4) is 0 Å². The average molecular weight is 329 g/mol. The van der Waals surface area contributed by atoms with Gasteiger partial charge in [-0.15, -0.1) is 0 Å². The largest absolute Gasteiger partial charge is 0.310 e. The Morgan fingerprint density at radius 1 is 1.29 bits per heavy atom. The van der Waals surface area contributed by atoms with Crippen LogP contribution in [-0.4, -0.2) is 29.6 Å². The van der Waals surface area contributed by atoms with E-state index in [1.165, 1.54) is 6.42 Å². The molecule has 2 rings (SSSR count). The zero-order chi connectivity index (χ0) is 15.5. The van der Waals surface area contributed by atoms with E-state index < -0.39 is 0 Å². The SMILES string of the molecule is CCC1(CC)CN(Cc2cccc(Cl)c2Cl)C(C)CCN1. The second-order valence-corrected chi connectivity index (χ2v) is 6.95. The van der Waals surface area contributed by atoms with Gasteiger partial charge >= 0.3 is 0 Å². The highest BCUT2D eigenvalue weighted by molar-refractivity contribution is 6.42. The molecule has 0 saturated carbocycles. The van der Waals surface area contributed by atoms with Gasteiger partial charge in [0, 0.05) is 24.7 Å². The predicted molar refractivity (Wildman–Crippen MR) is 92.3 cm³/mol. The average Bonchev–Trinajstić information content (AvgIpc) is 2.64. The van der Waals surface area contributed by atoms with Gasteiger partial charge in [0.1, 0.15) is 0 Å². The lowest BCUT2D eigenvalue weighted by molar-refractivity contribution is 0.152. The first-order valence-electron chi connectivity index (χ1n) is 7.93. The lowest BCUT2D eigenvalue weighted by Crippen LogP contribution is -2.51. The number of hydrogen-bond donors (Lipinski definition) is 1. The van der Waals surface area contributed by atoms with Crippen LogP contribution >= 0.6 is 23.2 Å². The zero-order valence-corrected chi connectivity index (χ0v) is 14.8. The molecular weight excluding hydrogens is 303 g/mol. The molecule has 21 heavy (non-hydrogen) atoms. The van der Waals surface area contributed by atoms with Crippen LogP contribution < -0.4 is 5.32 Å². The van der Waals surface area contributed by atoms with E-state index in [0.717, 1.165) is 38.0 Å². The van der Waals surface area contributed by atoms with Crippen molar-refractivity contribution < 1.29 is 0 Å². The van der Waals surface area contributed by atoms with E-state index in [2.05, 4.69) is 37.1 Å². The first-order valence-corrected chi connectivity index (χ1v) is 8.69. The van der Waals surface area contributed by atoms with Crippen molar-refractivity contribution in [3.63, 3.8) is 0 Å². The van der Waals surface area contributed by atoms with Gasteiger partial charge in [-0.3, -0.25) is 4.90 Å². The summed E-state index contributed by atoms with van der Waals surface area (Å²) in [7, 11) is 0. The number of nitrogens with zero attached hydrogens (tertiary/aromatic N) is 1. The third-order valence-corrected chi connectivity index (χ3v) is 5.81. The van der Waals surface area contributed by atoms with Gasteiger partial charge < -0.3 is 5.32 Å². The summed E-state index contributed by atoms with van der Waals surface area (Å²) in [5.74, 6) is 0. The van der Waals surface area contributed by atoms with E-state index in [4.69, 9.17) is 23.2 Å². The molecule has 0 bridgehead atoms. The first-order chi connectivity index (χ1) is 10.0. The summed E-state index contributed by atoms with van der Waals surface area (Å²) in [5, 5.41) is 5.11. The van der Waals surface area contributed by atoms with E-state index in [0.29, 0.717) is 16.1 Å². The van der Waals surface area contributed by atoms with Gasteiger partial charge in [-0.05, 0) is 44.4 Å². The minimum Gasteiger partial charge on any atom is -0.310 e. The maximum absolute atomic E-state index is 6.37. The van der Waals surface area contributed by atoms with Crippen LogP contribution in [0.5, 0.6) is 0 Å². The molecule has 1 aliphatic rings. The minimum atomic E-state index is 0.218. The van der Waals surface area contributed by atoms with Crippen LogP contribution in [0.25, 0.3) is 0 Å². The van der Waals surface area contributed by atoms with Gasteiger partial charge in [0.2, 0.25) is 0 Å². The fraction of sp³-hybridized carbons (Fsp3) is 0.647. The molecule has 1 unspecified atom stereocenters. The van der Waals surface area contributed by atoms with Gasteiger partial charge in [-0.1, -0.05) is 49.2 Å². The van der Waals surface area contributed by atoms with Crippen molar-refractivity contribution in [1.82, 2.24) is 10.2 Å². The summed E-state index contributed by atoms with van der Waals surface area (Å²) < 4.78 is 0. The maximum atomic E-state index is 6.37. The Kier molecular flexibility index (Phi) is 5.96. The van der Waals surface area contributed by atoms with Gasteiger partial charge in [-0.25, -0.2) is 0 Å². The molecule has 2 nitrogen and oxygen atoms in total. The normalized spacial score (nSPS) is 23.0. The van der Waals surface area contributed by atoms with Crippen LogP contribution in [0.1, 0.15) is 45.6 Å². The van der Waals surface area contributed by atoms with Crippen LogP contribution in [-0.2, 0) is 6.54 Å². The van der Waals surface area contributed by atoms with Crippen molar-refractivity contribution in [3.05, 3.63) is 33.8 Å². The maximum Gasteiger partial charge on any atom is 0.0637 e. The van der Waals surface area contributed by atoms with Crippen molar-refractivity contribution in [3.8, 4) is 0 Å². The molecule has 1 aliphatic heterocycles. The van der Waals surface area contributed by atoms with Crippen molar-refractivity contribution in [2.75, 3.05) is 13.1 Å². The van der Waals surface area contributed by atoms with E-state index >= 15 is 0 Å². The zero-order valence-electron chi connectivity index (χ0n) is 13.3. The quantitative estimate of drug-likeness (QED) is 0.859. The third kappa shape index (κ3) is 3.92. The standard InChI is InChI=1S/C17H26Cl2N2/c1-4-17(5-2)12-21(13(3)9-10-20-17)11-14-7-6-8-15(18)16(14)19/h6-8,13,20H,4-5,9-12H2,1-3H3. The monoisotopic (exact) mass is 328 g/mol. The predicted octanol–water partition coefficient (Wildman–Crippen LogP) is 4.74. The molecule has 1 atom stereocenters. The number of rotatable bonds is 4. The highest BCUT2D eigenvalue weighted by Gasteiger charge is 2.33. The Labute approximate surface area is 138 Å². The summed E-state index contributed by atoms with van der Waals surface area (Å²) in [6, 6.07) is 6.46. The molecule has 1 aromatic rings. The fourth-order valence-corrected chi connectivity index (χ4v) is 3.53. The molecule has 0 aliphatic carbocycles. The summed E-state index contributed by atoms with van der Waals surface area (Å²) in [6.45, 7) is 9.87.